The molecule has 0 radical (unpaired) electrons. The molecule has 0 saturated heterocycles. The van der Waals surface area contributed by atoms with Crippen molar-refractivity contribution < 1.29 is 17.9 Å². The predicted octanol–water partition coefficient (Wildman–Crippen LogP) is 2.63. The molecule has 0 amide bonds. The van der Waals surface area contributed by atoms with Crippen molar-refractivity contribution >= 4 is 0 Å². The molecule has 3 nitrogen and oxygen atoms in total. The summed E-state index contributed by atoms with van der Waals surface area (Å²) < 4.78 is 39.8. The van der Waals surface area contributed by atoms with Crippen molar-refractivity contribution in [2.75, 3.05) is 27.2 Å². The monoisotopic (exact) mass is 276 g/mol. The van der Waals surface area contributed by atoms with E-state index in [-0.39, 0.29) is 5.75 Å². The lowest BCUT2D eigenvalue weighted by atomic mass is 10.2. The van der Waals surface area contributed by atoms with Gasteiger partial charge in [0.05, 0.1) is 0 Å². The van der Waals surface area contributed by atoms with Crippen molar-refractivity contribution in [2.24, 2.45) is 0 Å². The van der Waals surface area contributed by atoms with Crippen molar-refractivity contribution in [1.82, 2.24) is 10.2 Å². The van der Waals surface area contributed by atoms with E-state index >= 15 is 0 Å². The minimum Gasteiger partial charge on any atom is -0.406 e. The van der Waals surface area contributed by atoms with E-state index in [0.717, 1.165) is 25.1 Å². The van der Waals surface area contributed by atoms with Gasteiger partial charge in [0.2, 0.25) is 0 Å². The van der Waals surface area contributed by atoms with Crippen LogP contribution in [0, 0.1) is 0 Å². The lowest BCUT2D eigenvalue weighted by Crippen LogP contribution is -2.22. The maximum absolute atomic E-state index is 12.0. The van der Waals surface area contributed by atoms with Gasteiger partial charge in [-0.15, -0.1) is 13.2 Å². The zero-order valence-corrected chi connectivity index (χ0v) is 11.1. The van der Waals surface area contributed by atoms with Gasteiger partial charge in [-0.3, -0.25) is 0 Å². The second kappa shape index (κ2) is 7.35. The quantitative estimate of drug-likeness (QED) is 0.775. The normalized spacial score (nSPS) is 11.9. The molecular weight excluding hydrogens is 257 g/mol. The highest BCUT2D eigenvalue weighted by Crippen LogP contribution is 2.22. The summed E-state index contributed by atoms with van der Waals surface area (Å²) in [5.41, 5.74) is 0.960. The van der Waals surface area contributed by atoms with Crippen LogP contribution in [0.2, 0.25) is 0 Å². The third-order valence-corrected chi connectivity index (χ3v) is 2.58. The summed E-state index contributed by atoms with van der Waals surface area (Å²) in [7, 11) is 3.88. The smallest absolute Gasteiger partial charge is 0.406 e. The second-order valence-electron chi connectivity index (χ2n) is 4.39. The van der Waals surface area contributed by atoms with Crippen molar-refractivity contribution in [3.8, 4) is 5.75 Å². The second-order valence-corrected chi connectivity index (χ2v) is 4.39. The van der Waals surface area contributed by atoms with E-state index in [1.54, 1.807) is 12.1 Å². The number of hydrogen-bond acceptors (Lipinski definition) is 3. The zero-order valence-electron chi connectivity index (χ0n) is 11.1. The van der Waals surface area contributed by atoms with Crippen LogP contribution in [-0.4, -0.2) is 38.4 Å². The van der Waals surface area contributed by atoms with Crippen molar-refractivity contribution in [2.45, 2.75) is 19.3 Å². The first kappa shape index (κ1) is 15.8. The first-order valence-corrected chi connectivity index (χ1v) is 6.08. The number of halogens is 3. The summed E-state index contributed by atoms with van der Waals surface area (Å²) >= 11 is 0. The van der Waals surface area contributed by atoms with Gasteiger partial charge in [-0.05, 0) is 51.3 Å². The molecule has 1 N–H and O–H groups in total. The Kier molecular flexibility index (Phi) is 6.11. The van der Waals surface area contributed by atoms with Crippen LogP contribution in [0.1, 0.15) is 12.0 Å². The number of ether oxygens (including phenoxy) is 1. The van der Waals surface area contributed by atoms with Gasteiger partial charge in [0, 0.05) is 6.54 Å². The average molecular weight is 276 g/mol. The molecule has 1 aromatic rings. The maximum Gasteiger partial charge on any atom is 0.573 e. The van der Waals surface area contributed by atoms with Gasteiger partial charge in [-0.2, -0.15) is 0 Å². The summed E-state index contributed by atoms with van der Waals surface area (Å²) in [6.45, 7) is 2.58. The summed E-state index contributed by atoms with van der Waals surface area (Å²) in [5.74, 6) is -0.186. The third-order valence-electron chi connectivity index (χ3n) is 2.58. The zero-order chi connectivity index (χ0) is 14.3. The number of hydrogen-bond donors (Lipinski definition) is 1. The van der Waals surface area contributed by atoms with Crippen molar-refractivity contribution in [3.63, 3.8) is 0 Å². The fourth-order valence-electron chi connectivity index (χ4n) is 1.71. The molecule has 0 saturated carbocycles. The standard InChI is InChI=1S/C13H19F3N2O/c1-17-8-3-9-18(2)10-11-4-6-12(7-5-11)19-13(14,15)16/h4-7,17H,3,8-10H2,1-2H3. The summed E-state index contributed by atoms with van der Waals surface area (Å²) in [4.78, 5) is 2.12. The molecule has 1 aromatic carbocycles. The molecule has 19 heavy (non-hydrogen) atoms. The first-order chi connectivity index (χ1) is 8.90. The van der Waals surface area contributed by atoms with Gasteiger partial charge < -0.3 is 15.0 Å². The molecule has 0 atom stereocenters. The lowest BCUT2D eigenvalue weighted by molar-refractivity contribution is -0.274. The Morgan fingerprint density at radius 1 is 1.21 bits per heavy atom. The molecule has 108 valence electrons. The minimum absolute atomic E-state index is 0.186. The molecule has 0 aliphatic carbocycles. The number of nitrogens with one attached hydrogen (secondary N) is 1. The van der Waals surface area contributed by atoms with Crippen LogP contribution in [0.15, 0.2) is 24.3 Å². The fourth-order valence-corrected chi connectivity index (χ4v) is 1.71. The minimum atomic E-state index is -4.63. The maximum atomic E-state index is 12.0. The van der Waals surface area contributed by atoms with E-state index in [1.807, 2.05) is 14.1 Å². The molecule has 0 aromatic heterocycles. The Balaban J connectivity index is 2.43. The van der Waals surface area contributed by atoms with E-state index in [9.17, 15) is 13.2 Å². The Hall–Kier alpha value is -1.27. The molecule has 0 bridgehead atoms. The molecule has 0 heterocycles. The van der Waals surface area contributed by atoms with E-state index in [1.165, 1.54) is 12.1 Å². The average Bonchev–Trinajstić information content (AvgIpc) is 2.30. The van der Waals surface area contributed by atoms with E-state index in [2.05, 4.69) is 15.0 Å². The number of benzene rings is 1. The molecule has 0 spiro atoms. The lowest BCUT2D eigenvalue weighted by Gasteiger charge is -2.17. The first-order valence-electron chi connectivity index (χ1n) is 6.08. The third kappa shape index (κ3) is 7.03. The van der Waals surface area contributed by atoms with Crippen LogP contribution in [0.25, 0.3) is 0 Å². The van der Waals surface area contributed by atoms with Crippen LogP contribution in [0.4, 0.5) is 13.2 Å². The SMILES string of the molecule is CNCCCN(C)Cc1ccc(OC(F)(F)F)cc1. The van der Waals surface area contributed by atoms with Gasteiger partial charge in [-0.25, -0.2) is 0 Å². The van der Waals surface area contributed by atoms with Gasteiger partial charge in [0.1, 0.15) is 5.75 Å². The van der Waals surface area contributed by atoms with E-state index in [4.69, 9.17) is 0 Å². The summed E-state index contributed by atoms with van der Waals surface area (Å²) in [6.07, 6.45) is -3.60. The topological polar surface area (TPSA) is 24.5 Å². The molecule has 1 rings (SSSR count). The summed E-state index contributed by atoms with van der Waals surface area (Å²) in [6, 6.07) is 5.97. The summed E-state index contributed by atoms with van der Waals surface area (Å²) in [5, 5.41) is 3.07. The Morgan fingerprint density at radius 3 is 2.37 bits per heavy atom. The highest BCUT2D eigenvalue weighted by Gasteiger charge is 2.30. The highest BCUT2D eigenvalue weighted by molar-refractivity contribution is 5.27. The van der Waals surface area contributed by atoms with Gasteiger partial charge in [0.15, 0.2) is 0 Å². The predicted molar refractivity (Wildman–Crippen MR) is 68.0 cm³/mol. The molecule has 0 unspecified atom stereocenters. The van der Waals surface area contributed by atoms with Crippen LogP contribution in [0.3, 0.4) is 0 Å². The van der Waals surface area contributed by atoms with Crippen LogP contribution in [-0.2, 0) is 6.54 Å². The number of alkyl halides is 3. The van der Waals surface area contributed by atoms with E-state index in [0.29, 0.717) is 6.54 Å². The Morgan fingerprint density at radius 2 is 1.84 bits per heavy atom. The highest BCUT2D eigenvalue weighted by atomic mass is 19.4. The molecule has 0 fully saturated rings. The number of nitrogens with zero attached hydrogens (tertiary/aromatic N) is 1. The fraction of sp³-hybridized carbons (Fsp3) is 0.538. The van der Waals surface area contributed by atoms with Crippen molar-refractivity contribution in [1.29, 1.82) is 0 Å². The van der Waals surface area contributed by atoms with Crippen LogP contribution >= 0.6 is 0 Å². The van der Waals surface area contributed by atoms with Gasteiger partial charge in [0.25, 0.3) is 0 Å². The van der Waals surface area contributed by atoms with Crippen molar-refractivity contribution in [3.05, 3.63) is 29.8 Å². The molecular formula is C13H19F3N2O. The molecule has 0 aliphatic rings. The van der Waals surface area contributed by atoms with Gasteiger partial charge >= 0.3 is 6.36 Å². The van der Waals surface area contributed by atoms with Crippen LogP contribution in [0.5, 0.6) is 5.75 Å². The molecule has 0 aliphatic heterocycles. The Labute approximate surface area is 111 Å². The number of rotatable bonds is 7. The van der Waals surface area contributed by atoms with Crippen LogP contribution < -0.4 is 10.1 Å². The van der Waals surface area contributed by atoms with E-state index < -0.39 is 6.36 Å². The van der Waals surface area contributed by atoms with Gasteiger partial charge in [-0.1, -0.05) is 12.1 Å². The molecule has 6 heteroatoms. The Bertz CT molecular complexity index is 365. The largest absolute Gasteiger partial charge is 0.573 e.